The van der Waals surface area contributed by atoms with Gasteiger partial charge in [0.2, 0.25) is 0 Å². The number of hydrogen-bond donors (Lipinski definition) is 3. The van der Waals surface area contributed by atoms with Gasteiger partial charge in [0, 0.05) is 5.56 Å². The minimum Gasteiger partial charge on any atom is -0.507 e. The molecule has 0 spiro atoms. The summed E-state index contributed by atoms with van der Waals surface area (Å²) in [5.74, 6) is -0.827. The Kier molecular flexibility index (Phi) is 3.29. The number of benzene rings is 2. The van der Waals surface area contributed by atoms with Crippen molar-refractivity contribution in [3.05, 3.63) is 42.0 Å². The molecule has 1 amide bonds. The molecule has 0 saturated heterocycles. The number of ether oxygens (including phenoxy) is 1. The van der Waals surface area contributed by atoms with E-state index in [2.05, 4.69) is 0 Å². The fourth-order valence-corrected chi connectivity index (χ4v) is 1.90. The Morgan fingerprint density at radius 2 is 1.84 bits per heavy atom. The predicted octanol–water partition coefficient (Wildman–Crippen LogP) is 1.87. The molecule has 5 nitrogen and oxygen atoms in total. The number of rotatable bonds is 3. The number of amides is 1. The largest absolute Gasteiger partial charge is 0.507 e. The SMILES string of the molecule is COc1ccccc1-c1c(O)ccc(C(N)=O)c1O. The molecular formula is C14H13NO4. The van der Waals surface area contributed by atoms with Gasteiger partial charge < -0.3 is 20.7 Å². The van der Waals surface area contributed by atoms with Crippen molar-refractivity contribution in [2.24, 2.45) is 5.73 Å². The lowest BCUT2D eigenvalue weighted by molar-refractivity contribution is 0.0998. The van der Waals surface area contributed by atoms with Gasteiger partial charge in [-0.15, -0.1) is 0 Å². The van der Waals surface area contributed by atoms with Crippen LogP contribution in [0.1, 0.15) is 10.4 Å². The van der Waals surface area contributed by atoms with Crippen LogP contribution >= 0.6 is 0 Å². The van der Waals surface area contributed by atoms with E-state index < -0.39 is 5.91 Å². The summed E-state index contributed by atoms with van der Waals surface area (Å²) in [6.07, 6.45) is 0. The number of phenolic OH excluding ortho intramolecular Hbond substituents is 1. The molecule has 0 aliphatic rings. The van der Waals surface area contributed by atoms with Crippen LogP contribution in [0.5, 0.6) is 17.2 Å². The molecule has 0 aromatic heterocycles. The number of para-hydroxylation sites is 1. The molecule has 0 unspecified atom stereocenters. The van der Waals surface area contributed by atoms with Gasteiger partial charge in [-0.25, -0.2) is 0 Å². The molecule has 19 heavy (non-hydrogen) atoms. The minimum atomic E-state index is -0.770. The third kappa shape index (κ3) is 2.18. The molecule has 0 heterocycles. The molecule has 0 aliphatic carbocycles. The topological polar surface area (TPSA) is 92.8 Å². The van der Waals surface area contributed by atoms with Crippen molar-refractivity contribution in [1.82, 2.24) is 0 Å². The van der Waals surface area contributed by atoms with Gasteiger partial charge in [0.25, 0.3) is 5.91 Å². The number of nitrogens with two attached hydrogens (primary N) is 1. The van der Waals surface area contributed by atoms with Crippen LogP contribution in [-0.4, -0.2) is 23.2 Å². The molecule has 0 radical (unpaired) electrons. The Morgan fingerprint density at radius 1 is 1.16 bits per heavy atom. The number of carbonyl (C=O) groups excluding carboxylic acids is 1. The first-order valence-electron chi connectivity index (χ1n) is 5.54. The zero-order valence-electron chi connectivity index (χ0n) is 10.3. The number of methoxy groups -OCH3 is 1. The third-order valence-corrected chi connectivity index (χ3v) is 2.80. The molecular weight excluding hydrogens is 246 g/mol. The van der Waals surface area contributed by atoms with Crippen LogP contribution in [0.2, 0.25) is 0 Å². The third-order valence-electron chi connectivity index (χ3n) is 2.80. The first-order valence-corrected chi connectivity index (χ1v) is 5.54. The second-order valence-electron chi connectivity index (χ2n) is 3.92. The summed E-state index contributed by atoms with van der Waals surface area (Å²) in [6.45, 7) is 0. The normalized spacial score (nSPS) is 10.2. The lowest BCUT2D eigenvalue weighted by Gasteiger charge is -2.13. The second kappa shape index (κ2) is 4.89. The highest BCUT2D eigenvalue weighted by Gasteiger charge is 2.19. The summed E-state index contributed by atoms with van der Waals surface area (Å²) in [7, 11) is 1.48. The van der Waals surface area contributed by atoms with Gasteiger partial charge in [-0.2, -0.15) is 0 Å². The van der Waals surface area contributed by atoms with Crippen LogP contribution in [0.4, 0.5) is 0 Å². The Labute approximate surface area is 109 Å². The summed E-state index contributed by atoms with van der Waals surface area (Å²) in [5, 5.41) is 20.0. The predicted molar refractivity (Wildman–Crippen MR) is 70.3 cm³/mol. The Balaban J connectivity index is 2.74. The smallest absolute Gasteiger partial charge is 0.252 e. The highest BCUT2D eigenvalue weighted by molar-refractivity contribution is 5.99. The summed E-state index contributed by atoms with van der Waals surface area (Å²) >= 11 is 0. The van der Waals surface area contributed by atoms with Gasteiger partial charge in [-0.3, -0.25) is 4.79 Å². The molecule has 5 heteroatoms. The first-order chi connectivity index (χ1) is 9.06. The van der Waals surface area contributed by atoms with E-state index in [0.29, 0.717) is 11.3 Å². The zero-order chi connectivity index (χ0) is 14.0. The van der Waals surface area contributed by atoms with Crippen molar-refractivity contribution in [2.75, 3.05) is 7.11 Å². The number of aromatic hydroxyl groups is 2. The zero-order valence-corrected chi connectivity index (χ0v) is 10.3. The number of carbonyl (C=O) groups is 1. The number of hydrogen-bond acceptors (Lipinski definition) is 4. The van der Waals surface area contributed by atoms with Crippen molar-refractivity contribution < 1.29 is 19.7 Å². The standard InChI is InChI=1S/C14H13NO4/c1-19-11-5-3-2-4-8(11)12-10(16)7-6-9(13(12)17)14(15)18/h2-7,16-17H,1H3,(H2,15,18). The van der Waals surface area contributed by atoms with Crippen LogP contribution in [-0.2, 0) is 0 Å². The molecule has 4 N–H and O–H groups in total. The van der Waals surface area contributed by atoms with E-state index in [1.807, 2.05) is 0 Å². The molecule has 0 atom stereocenters. The molecule has 0 fully saturated rings. The van der Waals surface area contributed by atoms with Crippen LogP contribution < -0.4 is 10.5 Å². The molecule has 0 aliphatic heterocycles. The van der Waals surface area contributed by atoms with Gasteiger partial charge in [-0.1, -0.05) is 18.2 Å². The van der Waals surface area contributed by atoms with Crippen molar-refractivity contribution >= 4 is 5.91 Å². The van der Waals surface area contributed by atoms with Crippen LogP contribution in [0.25, 0.3) is 11.1 Å². The molecule has 0 saturated carbocycles. The lowest BCUT2D eigenvalue weighted by atomic mass is 9.99. The van der Waals surface area contributed by atoms with E-state index in [4.69, 9.17) is 10.5 Å². The van der Waals surface area contributed by atoms with Gasteiger partial charge >= 0.3 is 0 Å². The second-order valence-corrected chi connectivity index (χ2v) is 3.92. The summed E-state index contributed by atoms with van der Waals surface area (Å²) in [6, 6.07) is 9.42. The molecule has 2 aromatic carbocycles. The van der Waals surface area contributed by atoms with E-state index in [1.165, 1.54) is 19.2 Å². The maximum absolute atomic E-state index is 11.2. The average molecular weight is 259 g/mol. The number of primary amides is 1. The fourth-order valence-electron chi connectivity index (χ4n) is 1.90. The highest BCUT2D eigenvalue weighted by atomic mass is 16.5. The monoisotopic (exact) mass is 259 g/mol. The summed E-state index contributed by atoms with van der Waals surface area (Å²) < 4.78 is 5.17. The van der Waals surface area contributed by atoms with Crippen molar-refractivity contribution in [3.8, 4) is 28.4 Å². The van der Waals surface area contributed by atoms with E-state index in [0.717, 1.165) is 0 Å². The van der Waals surface area contributed by atoms with Crippen molar-refractivity contribution in [1.29, 1.82) is 0 Å². The average Bonchev–Trinajstić information content (AvgIpc) is 2.39. The quantitative estimate of drug-likeness (QED) is 0.784. The van der Waals surface area contributed by atoms with Crippen molar-refractivity contribution in [3.63, 3.8) is 0 Å². The lowest BCUT2D eigenvalue weighted by Crippen LogP contribution is -2.11. The Hall–Kier alpha value is -2.69. The van der Waals surface area contributed by atoms with Gasteiger partial charge in [0.05, 0.1) is 18.2 Å². The van der Waals surface area contributed by atoms with Crippen molar-refractivity contribution in [2.45, 2.75) is 0 Å². The highest BCUT2D eigenvalue weighted by Crippen LogP contribution is 2.43. The summed E-state index contributed by atoms with van der Waals surface area (Å²) in [4.78, 5) is 11.2. The van der Waals surface area contributed by atoms with Gasteiger partial charge in [-0.05, 0) is 18.2 Å². The Morgan fingerprint density at radius 3 is 2.47 bits per heavy atom. The summed E-state index contributed by atoms with van der Waals surface area (Å²) in [5.41, 5.74) is 5.71. The fraction of sp³-hybridized carbons (Fsp3) is 0.0714. The van der Waals surface area contributed by atoms with E-state index in [-0.39, 0.29) is 22.6 Å². The van der Waals surface area contributed by atoms with Crippen LogP contribution in [0.3, 0.4) is 0 Å². The van der Waals surface area contributed by atoms with Gasteiger partial charge in [0.1, 0.15) is 17.2 Å². The van der Waals surface area contributed by atoms with Gasteiger partial charge in [0.15, 0.2) is 0 Å². The van der Waals surface area contributed by atoms with E-state index in [1.54, 1.807) is 24.3 Å². The first kappa shape index (κ1) is 12.8. The van der Waals surface area contributed by atoms with Crippen LogP contribution in [0, 0.1) is 0 Å². The minimum absolute atomic E-state index is 0.0568. The maximum Gasteiger partial charge on any atom is 0.252 e. The maximum atomic E-state index is 11.2. The molecule has 2 rings (SSSR count). The van der Waals surface area contributed by atoms with Crippen LogP contribution in [0.15, 0.2) is 36.4 Å². The van der Waals surface area contributed by atoms with E-state index >= 15 is 0 Å². The van der Waals surface area contributed by atoms with E-state index in [9.17, 15) is 15.0 Å². The molecule has 2 aromatic rings. The molecule has 98 valence electrons. The Bertz CT molecular complexity index is 637. The number of phenols is 2. The molecule has 0 bridgehead atoms.